The van der Waals surface area contributed by atoms with Crippen LogP contribution in [0.15, 0.2) is 53.5 Å². The third-order valence-corrected chi connectivity index (χ3v) is 5.19. The van der Waals surface area contributed by atoms with E-state index < -0.39 is 18.1 Å². The zero-order chi connectivity index (χ0) is 21.1. The van der Waals surface area contributed by atoms with Crippen molar-refractivity contribution in [2.24, 2.45) is 4.99 Å². The van der Waals surface area contributed by atoms with Crippen molar-refractivity contribution in [1.29, 1.82) is 0 Å². The van der Waals surface area contributed by atoms with Crippen LogP contribution in [0.25, 0.3) is 10.9 Å². The number of amides is 1. The number of H-pyrrole nitrogens is 1. The Bertz CT molecular complexity index is 1100. The molecule has 2 atom stereocenters. The number of carbonyl (C=O) groups is 2. The van der Waals surface area contributed by atoms with E-state index in [0.717, 1.165) is 27.7 Å². The average Bonchev–Trinajstić information content (AvgIpc) is 3.13. The van der Waals surface area contributed by atoms with E-state index in [4.69, 9.17) is 4.74 Å². The predicted molar refractivity (Wildman–Crippen MR) is 114 cm³/mol. The maximum atomic E-state index is 12.9. The Kier molecular flexibility index (Phi) is 5.52. The fourth-order valence-electron chi connectivity index (χ4n) is 3.69. The predicted octanol–water partition coefficient (Wildman–Crippen LogP) is 2.51. The fraction of sp³-hybridized carbons (Fsp3) is 0.261. The quantitative estimate of drug-likeness (QED) is 0.548. The molecule has 30 heavy (non-hydrogen) atoms. The molecule has 1 aromatic heterocycles. The van der Waals surface area contributed by atoms with Crippen molar-refractivity contribution in [2.75, 3.05) is 6.61 Å². The van der Waals surface area contributed by atoms with E-state index in [-0.39, 0.29) is 24.7 Å². The Morgan fingerprint density at radius 1 is 1.23 bits per heavy atom. The summed E-state index contributed by atoms with van der Waals surface area (Å²) in [7, 11) is 0. The number of ether oxygens (including phenoxy) is 1. The number of fused-ring (bicyclic) bond motifs is 3. The van der Waals surface area contributed by atoms with E-state index in [2.05, 4.69) is 15.3 Å². The van der Waals surface area contributed by atoms with Crippen LogP contribution in [0, 0.1) is 0 Å². The molecule has 0 radical (unpaired) electrons. The zero-order valence-electron chi connectivity index (χ0n) is 16.6. The molecule has 0 saturated carbocycles. The van der Waals surface area contributed by atoms with Crippen molar-refractivity contribution in [2.45, 2.75) is 31.8 Å². The molecule has 2 aromatic carbocycles. The molecule has 3 N–H and O–H groups in total. The molecule has 1 aliphatic heterocycles. The van der Waals surface area contributed by atoms with Gasteiger partial charge in [-0.05, 0) is 36.2 Å². The van der Waals surface area contributed by atoms with E-state index >= 15 is 0 Å². The Hall–Kier alpha value is -3.61. The first-order valence-corrected chi connectivity index (χ1v) is 9.93. The van der Waals surface area contributed by atoms with Crippen LogP contribution in [0.5, 0.6) is 5.75 Å². The van der Waals surface area contributed by atoms with Crippen LogP contribution in [-0.4, -0.2) is 46.9 Å². The first kappa shape index (κ1) is 19.7. The molecule has 0 spiro atoms. The maximum absolute atomic E-state index is 12.9. The summed E-state index contributed by atoms with van der Waals surface area (Å²) in [5, 5.41) is 13.3. The van der Waals surface area contributed by atoms with Gasteiger partial charge in [-0.15, -0.1) is 0 Å². The van der Waals surface area contributed by atoms with E-state index in [1.54, 1.807) is 37.4 Å². The van der Waals surface area contributed by atoms with E-state index in [9.17, 15) is 14.7 Å². The van der Waals surface area contributed by atoms with Gasteiger partial charge >= 0.3 is 5.97 Å². The lowest BCUT2D eigenvalue weighted by atomic mass is 9.99. The Balaban J connectivity index is 1.50. The van der Waals surface area contributed by atoms with Crippen LogP contribution in [0.1, 0.15) is 23.7 Å². The molecule has 1 aliphatic rings. The number of aliphatic imine (C=N–C) groups is 1. The molecule has 3 aromatic rings. The fourth-order valence-corrected chi connectivity index (χ4v) is 3.69. The van der Waals surface area contributed by atoms with E-state index in [0.29, 0.717) is 6.42 Å². The largest absolute Gasteiger partial charge is 0.508 e. The van der Waals surface area contributed by atoms with Crippen molar-refractivity contribution in [3.05, 3.63) is 65.4 Å². The van der Waals surface area contributed by atoms with Crippen LogP contribution >= 0.6 is 0 Å². The van der Waals surface area contributed by atoms with Crippen molar-refractivity contribution >= 4 is 29.0 Å². The lowest BCUT2D eigenvalue weighted by Gasteiger charge is -2.21. The molecule has 7 nitrogen and oxygen atoms in total. The van der Waals surface area contributed by atoms with Gasteiger partial charge in [0, 0.05) is 30.0 Å². The van der Waals surface area contributed by atoms with Gasteiger partial charge in [0.25, 0.3) is 0 Å². The summed E-state index contributed by atoms with van der Waals surface area (Å²) in [6, 6.07) is 13.0. The highest BCUT2D eigenvalue weighted by Gasteiger charge is 2.29. The highest BCUT2D eigenvalue weighted by Crippen LogP contribution is 2.26. The minimum Gasteiger partial charge on any atom is -0.508 e. The van der Waals surface area contributed by atoms with Gasteiger partial charge in [-0.1, -0.05) is 30.3 Å². The minimum absolute atomic E-state index is 0.140. The number of para-hydroxylation sites is 1. The summed E-state index contributed by atoms with van der Waals surface area (Å²) in [6.45, 7) is 1.95. The monoisotopic (exact) mass is 405 g/mol. The van der Waals surface area contributed by atoms with Gasteiger partial charge in [-0.3, -0.25) is 9.79 Å². The number of hydrogen-bond donors (Lipinski definition) is 3. The topological polar surface area (TPSA) is 104 Å². The Morgan fingerprint density at radius 2 is 2.00 bits per heavy atom. The second-order valence-electron chi connectivity index (χ2n) is 7.24. The summed E-state index contributed by atoms with van der Waals surface area (Å²) in [5.74, 6) is -0.674. The number of nitrogens with one attached hydrogen (secondary N) is 2. The first-order valence-electron chi connectivity index (χ1n) is 9.93. The van der Waals surface area contributed by atoms with E-state index in [1.807, 2.05) is 24.3 Å². The average molecular weight is 405 g/mol. The highest BCUT2D eigenvalue weighted by atomic mass is 16.5. The molecule has 0 bridgehead atoms. The molecule has 0 unspecified atom stereocenters. The second-order valence-corrected chi connectivity index (χ2v) is 7.24. The number of aromatic amines is 1. The summed E-state index contributed by atoms with van der Waals surface area (Å²) in [6.07, 6.45) is 2.40. The first-order chi connectivity index (χ1) is 14.5. The molecule has 4 rings (SSSR count). The van der Waals surface area contributed by atoms with Crippen molar-refractivity contribution < 1.29 is 19.4 Å². The van der Waals surface area contributed by atoms with Gasteiger partial charge in [0.05, 0.1) is 12.3 Å². The van der Waals surface area contributed by atoms with Crippen LogP contribution in [0.4, 0.5) is 0 Å². The van der Waals surface area contributed by atoms with Crippen molar-refractivity contribution in [1.82, 2.24) is 10.3 Å². The molecular formula is C23H23N3O4. The number of carbonyl (C=O) groups excluding carboxylic acids is 2. The minimum atomic E-state index is -0.832. The number of phenols is 1. The van der Waals surface area contributed by atoms with Gasteiger partial charge < -0.3 is 20.1 Å². The molecule has 7 heteroatoms. The number of rotatable bonds is 6. The maximum Gasteiger partial charge on any atom is 0.328 e. The molecule has 0 aliphatic carbocycles. The number of aromatic nitrogens is 1. The van der Waals surface area contributed by atoms with Crippen LogP contribution in [-0.2, 0) is 27.2 Å². The van der Waals surface area contributed by atoms with Gasteiger partial charge in [-0.25, -0.2) is 4.79 Å². The molecule has 0 saturated heterocycles. The lowest BCUT2D eigenvalue weighted by molar-refractivity contribution is -0.147. The van der Waals surface area contributed by atoms with Gasteiger partial charge in [-0.2, -0.15) is 0 Å². The molecule has 154 valence electrons. The van der Waals surface area contributed by atoms with Crippen LogP contribution in [0.2, 0.25) is 0 Å². The number of esters is 1. The van der Waals surface area contributed by atoms with Gasteiger partial charge in [0.15, 0.2) is 0 Å². The Labute approximate surface area is 173 Å². The highest BCUT2D eigenvalue weighted by molar-refractivity contribution is 5.98. The SMILES string of the molecule is CCOC(=O)[C@H](Cc1ccc(O)cc1)NC(=O)[C@H]1Cc2c([nH]c3ccccc23)C=N1. The third kappa shape index (κ3) is 4.05. The van der Waals surface area contributed by atoms with Gasteiger partial charge in [0.1, 0.15) is 17.8 Å². The zero-order valence-corrected chi connectivity index (χ0v) is 16.6. The number of benzene rings is 2. The van der Waals surface area contributed by atoms with Crippen LogP contribution in [0.3, 0.4) is 0 Å². The number of nitrogens with zero attached hydrogens (tertiary/aromatic N) is 1. The van der Waals surface area contributed by atoms with Gasteiger partial charge in [0.2, 0.25) is 5.91 Å². The summed E-state index contributed by atoms with van der Waals surface area (Å²) in [5.41, 5.74) is 3.77. The normalized spacial score (nSPS) is 16.1. The number of hydrogen-bond acceptors (Lipinski definition) is 5. The van der Waals surface area contributed by atoms with Crippen molar-refractivity contribution in [3.8, 4) is 5.75 Å². The second kappa shape index (κ2) is 8.41. The van der Waals surface area contributed by atoms with Crippen molar-refractivity contribution in [3.63, 3.8) is 0 Å². The molecular weight excluding hydrogens is 382 g/mol. The Morgan fingerprint density at radius 3 is 2.77 bits per heavy atom. The van der Waals surface area contributed by atoms with Crippen LogP contribution < -0.4 is 5.32 Å². The molecule has 2 heterocycles. The smallest absolute Gasteiger partial charge is 0.328 e. The lowest BCUT2D eigenvalue weighted by Crippen LogP contribution is -2.47. The van der Waals surface area contributed by atoms with E-state index in [1.165, 1.54) is 0 Å². The summed E-state index contributed by atoms with van der Waals surface area (Å²) in [4.78, 5) is 33.1. The summed E-state index contributed by atoms with van der Waals surface area (Å²) >= 11 is 0. The number of phenolic OH excluding ortho intramolecular Hbond substituents is 1. The summed E-state index contributed by atoms with van der Waals surface area (Å²) < 4.78 is 5.14. The molecule has 1 amide bonds. The molecule has 0 fully saturated rings. The standard InChI is InChI=1S/C23H23N3O4/c1-2-30-23(29)20(11-14-7-9-15(27)10-8-14)26-22(28)19-12-17-16-5-3-4-6-18(16)25-21(17)13-24-19/h3-10,13,19-20,25,27H,2,11-12H2,1H3,(H,26,28)/t19-,20+/m1/s1. The third-order valence-electron chi connectivity index (χ3n) is 5.19. The number of aromatic hydroxyl groups is 1.